The van der Waals surface area contributed by atoms with Gasteiger partial charge in [0, 0.05) is 17.7 Å². The molecule has 3 rings (SSSR count). The molecule has 2 aromatic carbocycles. The summed E-state index contributed by atoms with van der Waals surface area (Å²) in [6.07, 6.45) is 0. The quantitative estimate of drug-likeness (QED) is 0.413. The van der Waals surface area contributed by atoms with E-state index in [1.807, 2.05) is 0 Å². The molecule has 1 aliphatic rings. The van der Waals surface area contributed by atoms with E-state index in [0.29, 0.717) is 22.8 Å². The first-order valence-corrected chi connectivity index (χ1v) is 8.75. The Labute approximate surface area is 166 Å². The Morgan fingerprint density at radius 3 is 2.76 bits per heavy atom. The molecule has 29 heavy (non-hydrogen) atoms. The summed E-state index contributed by atoms with van der Waals surface area (Å²) in [6.45, 7) is 0.923. The number of nitrogens with one attached hydrogen (secondary N) is 1. The Kier molecular flexibility index (Phi) is 6.62. The zero-order chi connectivity index (χ0) is 20.6. The number of hydrogen-bond donors (Lipinski definition) is 1. The van der Waals surface area contributed by atoms with Crippen LogP contribution < -0.4 is 14.8 Å². The maximum atomic E-state index is 13.5. The van der Waals surface area contributed by atoms with Gasteiger partial charge in [-0.25, -0.2) is 9.18 Å². The van der Waals surface area contributed by atoms with Crippen LogP contribution in [0.5, 0.6) is 11.5 Å². The van der Waals surface area contributed by atoms with Crippen molar-refractivity contribution in [3.63, 3.8) is 0 Å². The highest BCUT2D eigenvalue weighted by molar-refractivity contribution is 5.99. The van der Waals surface area contributed by atoms with Crippen molar-refractivity contribution < 1.29 is 33.0 Å². The molecule has 0 atom stereocenters. The molecule has 152 valence electrons. The predicted octanol–water partition coefficient (Wildman–Crippen LogP) is 2.15. The second-order valence-corrected chi connectivity index (χ2v) is 6.05. The molecule has 0 spiro atoms. The van der Waals surface area contributed by atoms with Crippen LogP contribution in [0.25, 0.3) is 0 Å². The number of halogens is 1. The minimum Gasteiger partial charge on any atom is -0.454 e. The molecular weight excluding hydrogens is 383 g/mol. The molecule has 0 unspecified atom stereocenters. The average Bonchev–Trinajstić information content (AvgIpc) is 3.19. The first-order valence-electron chi connectivity index (χ1n) is 8.75. The molecule has 1 aliphatic heterocycles. The molecule has 0 fully saturated rings. The van der Waals surface area contributed by atoms with Gasteiger partial charge in [-0.05, 0) is 31.2 Å². The van der Waals surface area contributed by atoms with E-state index in [1.165, 1.54) is 6.07 Å². The van der Waals surface area contributed by atoms with Crippen LogP contribution in [0.15, 0.2) is 47.6 Å². The van der Waals surface area contributed by atoms with Crippen molar-refractivity contribution in [2.24, 2.45) is 5.16 Å². The maximum absolute atomic E-state index is 13.5. The van der Waals surface area contributed by atoms with Crippen molar-refractivity contribution in [2.75, 3.05) is 20.0 Å². The fourth-order valence-electron chi connectivity index (χ4n) is 2.43. The van der Waals surface area contributed by atoms with Crippen molar-refractivity contribution in [1.82, 2.24) is 5.32 Å². The van der Waals surface area contributed by atoms with E-state index in [0.717, 1.165) is 5.56 Å². The Balaban J connectivity index is 1.37. The van der Waals surface area contributed by atoms with Crippen LogP contribution in [-0.4, -0.2) is 37.6 Å². The third kappa shape index (κ3) is 5.68. The summed E-state index contributed by atoms with van der Waals surface area (Å²) in [5.41, 5.74) is 1.61. The highest BCUT2D eigenvalue weighted by atomic mass is 19.1. The molecule has 0 bridgehead atoms. The lowest BCUT2D eigenvalue weighted by Gasteiger charge is -2.07. The summed E-state index contributed by atoms with van der Waals surface area (Å²) in [7, 11) is 0. The van der Waals surface area contributed by atoms with Crippen molar-refractivity contribution in [3.8, 4) is 11.5 Å². The van der Waals surface area contributed by atoms with E-state index in [-0.39, 0.29) is 13.3 Å². The first kappa shape index (κ1) is 20.1. The molecule has 1 N–H and O–H groups in total. The summed E-state index contributed by atoms with van der Waals surface area (Å²) in [6, 6.07) is 11.4. The average molecular weight is 402 g/mol. The summed E-state index contributed by atoms with van der Waals surface area (Å²) < 4.78 is 28.8. The predicted molar refractivity (Wildman–Crippen MR) is 99.9 cm³/mol. The summed E-state index contributed by atoms with van der Waals surface area (Å²) in [5, 5.41) is 6.31. The molecule has 0 saturated carbocycles. The molecule has 0 saturated heterocycles. The number of carbonyl (C=O) groups excluding carboxylic acids is 2. The van der Waals surface area contributed by atoms with Gasteiger partial charge in [0.05, 0.1) is 5.71 Å². The van der Waals surface area contributed by atoms with E-state index in [9.17, 15) is 14.0 Å². The van der Waals surface area contributed by atoms with Crippen LogP contribution in [0.1, 0.15) is 18.1 Å². The van der Waals surface area contributed by atoms with Crippen LogP contribution in [0.4, 0.5) is 4.39 Å². The monoisotopic (exact) mass is 402 g/mol. The van der Waals surface area contributed by atoms with Crippen molar-refractivity contribution >= 4 is 17.6 Å². The first-order chi connectivity index (χ1) is 14.0. The van der Waals surface area contributed by atoms with Gasteiger partial charge in [-0.15, -0.1) is 0 Å². The van der Waals surface area contributed by atoms with Gasteiger partial charge in [-0.3, -0.25) is 4.79 Å². The van der Waals surface area contributed by atoms with Gasteiger partial charge >= 0.3 is 5.97 Å². The second-order valence-electron chi connectivity index (χ2n) is 6.05. The lowest BCUT2D eigenvalue weighted by molar-refractivity contribution is -0.152. The summed E-state index contributed by atoms with van der Waals surface area (Å²) >= 11 is 0. The number of carbonyl (C=O) groups is 2. The van der Waals surface area contributed by atoms with Gasteiger partial charge in [0.15, 0.2) is 18.1 Å². The molecule has 9 heteroatoms. The molecule has 1 amide bonds. The lowest BCUT2D eigenvalue weighted by atomic mass is 10.1. The summed E-state index contributed by atoms with van der Waals surface area (Å²) in [4.78, 5) is 28.3. The minimum absolute atomic E-state index is 0.00141. The van der Waals surface area contributed by atoms with Gasteiger partial charge in [0.1, 0.15) is 5.82 Å². The zero-order valence-corrected chi connectivity index (χ0v) is 15.6. The molecule has 0 aromatic heterocycles. The largest absolute Gasteiger partial charge is 0.454 e. The standard InChI is InChI=1S/C20H19FN2O6/c1-13(14-6-7-17-18(8-14)28-12-27-17)23-29-11-20(25)26-10-19(24)22-9-15-4-2-3-5-16(15)21/h2-8H,9-12H2,1H3,(H,22,24)/b23-13+. The Morgan fingerprint density at radius 2 is 1.93 bits per heavy atom. The highest BCUT2D eigenvalue weighted by Crippen LogP contribution is 2.32. The van der Waals surface area contributed by atoms with Crippen molar-refractivity contribution in [1.29, 1.82) is 0 Å². The van der Waals surface area contributed by atoms with E-state index in [1.54, 1.807) is 43.3 Å². The van der Waals surface area contributed by atoms with Gasteiger partial charge in [0.2, 0.25) is 13.4 Å². The smallest absolute Gasteiger partial charge is 0.347 e. The van der Waals surface area contributed by atoms with Crippen molar-refractivity contribution in [3.05, 3.63) is 59.4 Å². The van der Waals surface area contributed by atoms with Crippen LogP contribution in [0.3, 0.4) is 0 Å². The van der Waals surface area contributed by atoms with Crippen LogP contribution in [0.2, 0.25) is 0 Å². The van der Waals surface area contributed by atoms with E-state index in [2.05, 4.69) is 10.5 Å². The molecule has 0 radical (unpaired) electrons. The number of ether oxygens (including phenoxy) is 3. The fourth-order valence-corrected chi connectivity index (χ4v) is 2.43. The Bertz CT molecular complexity index is 931. The Morgan fingerprint density at radius 1 is 1.14 bits per heavy atom. The number of oxime groups is 1. The molecular formula is C20H19FN2O6. The number of amides is 1. The van der Waals surface area contributed by atoms with Crippen LogP contribution in [-0.2, 0) is 25.7 Å². The lowest BCUT2D eigenvalue weighted by Crippen LogP contribution is -2.29. The van der Waals surface area contributed by atoms with E-state index in [4.69, 9.17) is 19.0 Å². The van der Waals surface area contributed by atoms with Gasteiger partial charge in [-0.2, -0.15) is 0 Å². The van der Waals surface area contributed by atoms with Gasteiger partial charge < -0.3 is 24.4 Å². The number of fused-ring (bicyclic) bond motifs is 1. The molecule has 0 aliphatic carbocycles. The third-order valence-electron chi connectivity index (χ3n) is 3.97. The van der Waals surface area contributed by atoms with Gasteiger partial charge in [0.25, 0.3) is 5.91 Å². The number of rotatable bonds is 8. The number of hydrogen-bond acceptors (Lipinski definition) is 7. The Hall–Kier alpha value is -3.62. The maximum Gasteiger partial charge on any atom is 0.347 e. The molecule has 8 nitrogen and oxygen atoms in total. The zero-order valence-electron chi connectivity index (χ0n) is 15.6. The number of nitrogens with zero attached hydrogens (tertiary/aromatic N) is 1. The molecule has 2 aromatic rings. The third-order valence-corrected chi connectivity index (χ3v) is 3.97. The SMILES string of the molecule is C/C(=N\OCC(=O)OCC(=O)NCc1ccccc1F)c1ccc2c(c1)OCO2. The molecule has 1 heterocycles. The number of esters is 1. The van der Waals surface area contributed by atoms with E-state index >= 15 is 0 Å². The van der Waals surface area contributed by atoms with Crippen LogP contribution >= 0.6 is 0 Å². The minimum atomic E-state index is -0.756. The van der Waals surface area contributed by atoms with Gasteiger partial charge in [-0.1, -0.05) is 23.4 Å². The number of benzene rings is 2. The van der Waals surface area contributed by atoms with Crippen LogP contribution in [0, 0.1) is 5.82 Å². The topological polar surface area (TPSA) is 95.5 Å². The normalized spacial score (nSPS) is 12.4. The second kappa shape index (κ2) is 9.54. The fraction of sp³-hybridized carbons (Fsp3) is 0.250. The van der Waals surface area contributed by atoms with E-state index < -0.39 is 30.9 Å². The van der Waals surface area contributed by atoms with Crippen molar-refractivity contribution in [2.45, 2.75) is 13.5 Å². The summed E-state index contributed by atoms with van der Waals surface area (Å²) in [5.74, 6) is -0.471. The highest BCUT2D eigenvalue weighted by Gasteiger charge is 2.14.